The second kappa shape index (κ2) is 11.2. The Balaban J connectivity index is 1.40. The molecule has 0 saturated heterocycles. The first-order chi connectivity index (χ1) is 15.7. The van der Waals surface area contributed by atoms with Gasteiger partial charge < -0.3 is 10.1 Å². The van der Waals surface area contributed by atoms with Gasteiger partial charge in [0.05, 0.1) is 23.4 Å². The fourth-order valence-corrected chi connectivity index (χ4v) is 4.67. The monoisotopic (exact) mass is 487 g/mol. The standard InChI is InChI=1S/C23H25N3O5S2/c1-16-7-9-19(10-8-16)33(29,30)24-12-11-23(28)31-14-18-15-32-22(25-18)13-21(27)26-20-6-4-3-5-17(20)2/h3-10,15,24H,11-14H2,1-2H3,(H,26,27). The van der Waals surface area contributed by atoms with Gasteiger partial charge in [-0.3, -0.25) is 9.59 Å². The molecule has 0 radical (unpaired) electrons. The number of carbonyl (C=O) groups is 2. The molecule has 1 heterocycles. The number of thiazole rings is 1. The predicted molar refractivity (Wildman–Crippen MR) is 126 cm³/mol. The van der Waals surface area contributed by atoms with Crippen molar-refractivity contribution < 1.29 is 22.7 Å². The number of amides is 1. The van der Waals surface area contributed by atoms with Crippen molar-refractivity contribution in [2.45, 2.75) is 38.2 Å². The topological polar surface area (TPSA) is 114 Å². The summed E-state index contributed by atoms with van der Waals surface area (Å²) >= 11 is 1.31. The van der Waals surface area contributed by atoms with Crippen molar-refractivity contribution >= 4 is 38.9 Å². The van der Waals surface area contributed by atoms with E-state index in [1.54, 1.807) is 17.5 Å². The number of para-hydroxylation sites is 1. The van der Waals surface area contributed by atoms with Gasteiger partial charge in [0, 0.05) is 17.6 Å². The molecule has 0 fully saturated rings. The number of sulfonamides is 1. The number of aryl methyl sites for hydroxylation is 2. The molecule has 1 aromatic heterocycles. The van der Waals surface area contributed by atoms with E-state index in [0.29, 0.717) is 10.7 Å². The Labute approximate surface area is 197 Å². The Morgan fingerprint density at radius 1 is 1.06 bits per heavy atom. The van der Waals surface area contributed by atoms with E-state index >= 15 is 0 Å². The van der Waals surface area contributed by atoms with Crippen molar-refractivity contribution in [1.82, 2.24) is 9.71 Å². The van der Waals surface area contributed by atoms with E-state index in [0.717, 1.165) is 16.8 Å². The Bertz CT molecular complexity index is 1220. The first-order valence-electron chi connectivity index (χ1n) is 10.2. The Morgan fingerprint density at radius 2 is 1.79 bits per heavy atom. The predicted octanol–water partition coefficient (Wildman–Crippen LogP) is 3.35. The average Bonchev–Trinajstić information content (AvgIpc) is 3.21. The number of benzene rings is 2. The van der Waals surface area contributed by atoms with Gasteiger partial charge in [0.1, 0.15) is 11.6 Å². The molecule has 2 aromatic carbocycles. The van der Waals surface area contributed by atoms with Crippen molar-refractivity contribution in [3.8, 4) is 0 Å². The van der Waals surface area contributed by atoms with Crippen LogP contribution in [0.1, 0.15) is 28.2 Å². The summed E-state index contributed by atoms with van der Waals surface area (Å²) in [6, 6.07) is 13.9. The minimum atomic E-state index is -3.68. The normalized spacial score (nSPS) is 11.2. The van der Waals surface area contributed by atoms with Gasteiger partial charge in [-0.1, -0.05) is 35.9 Å². The molecule has 0 spiro atoms. The summed E-state index contributed by atoms with van der Waals surface area (Å²) in [5.74, 6) is -0.725. The zero-order valence-electron chi connectivity index (χ0n) is 18.3. The van der Waals surface area contributed by atoms with Crippen LogP contribution in [0.2, 0.25) is 0 Å². The quantitative estimate of drug-likeness (QED) is 0.424. The van der Waals surface area contributed by atoms with Crippen molar-refractivity contribution in [2.24, 2.45) is 0 Å². The number of nitrogens with one attached hydrogen (secondary N) is 2. The third kappa shape index (κ3) is 7.48. The lowest BCUT2D eigenvalue weighted by atomic mass is 10.2. The zero-order valence-corrected chi connectivity index (χ0v) is 20.0. The van der Waals surface area contributed by atoms with Gasteiger partial charge >= 0.3 is 5.97 Å². The number of hydrogen-bond donors (Lipinski definition) is 2. The summed E-state index contributed by atoms with van der Waals surface area (Å²) in [6.07, 6.45) is 0.00859. The van der Waals surface area contributed by atoms with E-state index in [-0.39, 0.29) is 36.8 Å². The summed E-state index contributed by atoms with van der Waals surface area (Å²) in [5, 5.41) is 5.19. The van der Waals surface area contributed by atoms with Crippen LogP contribution < -0.4 is 10.0 Å². The molecule has 10 heteroatoms. The third-order valence-electron chi connectivity index (χ3n) is 4.66. The molecule has 33 heavy (non-hydrogen) atoms. The lowest BCUT2D eigenvalue weighted by molar-refractivity contribution is -0.144. The van der Waals surface area contributed by atoms with Crippen LogP contribution in [0.15, 0.2) is 58.8 Å². The fraction of sp³-hybridized carbons (Fsp3) is 0.261. The molecule has 0 saturated carbocycles. The molecule has 0 aliphatic rings. The van der Waals surface area contributed by atoms with Gasteiger partial charge in [-0.2, -0.15) is 0 Å². The minimum Gasteiger partial charge on any atom is -0.459 e. The molecule has 3 rings (SSSR count). The van der Waals surface area contributed by atoms with Crippen LogP contribution in [0.5, 0.6) is 0 Å². The zero-order chi connectivity index (χ0) is 23.8. The number of nitrogens with zero attached hydrogens (tertiary/aromatic N) is 1. The molecule has 0 bridgehead atoms. The molecule has 2 N–H and O–H groups in total. The number of anilines is 1. The fourth-order valence-electron chi connectivity index (χ4n) is 2.86. The van der Waals surface area contributed by atoms with Crippen LogP contribution in [-0.2, 0) is 37.4 Å². The molecular weight excluding hydrogens is 462 g/mol. The molecule has 174 valence electrons. The summed E-state index contributed by atoms with van der Waals surface area (Å²) in [5.41, 5.74) is 3.21. The van der Waals surface area contributed by atoms with Gasteiger partial charge in [-0.25, -0.2) is 18.1 Å². The lowest BCUT2D eigenvalue weighted by Gasteiger charge is -2.07. The number of hydrogen-bond acceptors (Lipinski definition) is 7. The Morgan fingerprint density at radius 3 is 2.52 bits per heavy atom. The van der Waals surface area contributed by atoms with E-state index in [9.17, 15) is 18.0 Å². The highest BCUT2D eigenvalue weighted by Gasteiger charge is 2.15. The second-order valence-corrected chi connectivity index (χ2v) is 10.1. The van der Waals surface area contributed by atoms with Gasteiger partial charge in [0.2, 0.25) is 15.9 Å². The van der Waals surface area contributed by atoms with Crippen LogP contribution in [0.25, 0.3) is 0 Å². The highest BCUT2D eigenvalue weighted by atomic mass is 32.2. The molecule has 0 unspecified atom stereocenters. The highest BCUT2D eigenvalue weighted by molar-refractivity contribution is 7.89. The second-order valence-electron chi connectivity index (χ2n) is 7.39. The largest absolute Gasteiger partial charge is 0.459 e. The third-order valence-corrected chi connectivity index (χ3v) is 7.04. The summed E-state index contributed by atoms with van der Waals surface area (Å²) < 4.78 is 32.0. The number of carbonyl (C=O) groups excluding carboxylic acids is 2. The average molecular weight is 488 g/mol. The van der Waals surface area contributed by atoms with Crippen LogP contribution in [0.3, 0.4) is 0 Å². The molecule has 1 amide bonds. The molecule has 0 atom stereocenters. The lowest BCUT2D eigenvalue weighted by Crippen LogP contribution is -2.26. The maximum absolute atomic E-state index is 12.2. The maximum Gasteiger partial charge on any atom is 0.307 e. The summed E-state index contributed by atoms with van der Waals surface area (Å²) in [4.78, 5) is 28.7. The summed E-state index contributed by atoms with van der Waals surface area (Å²) in [7, 11) is -3.68. The van der Waals surface area contributed by atoms with Gasteiger partial charge in [0.15, 0.2) is 0 Å². The number of ether oxygens (including phenoxy) is 1. The van der Waals surface area contributed by atoms with E-state index < -0.39 is 16.0 Å². The number of aromatic nitrogens is 1. The van der Waals surface area contributed by atoms with Crippen molar-refractivity contribution in [3.63, 3.8) is 0 Å². The molecule has 3 aromatic rings. The van der Waals surface area contributed by atoms with E-state index in [1.165, 1.54) is 23.5 Å². The van der Waals surface area contributed by atoms with E-state index in [4.69, 9.17) is 4.74 Å². The van der Waals surface area contributed by atoms with Gasteiger partial charge in [0.25, 0.3) is 0 Å². The first-order valence-corrected chi connectivity index (χ1v) is 12.6. The molecule has 8 nitrogen and oxygen atoms in total. The van der Waals surface area contributed by atoms with Gasteiger partial charge in [-0.05, 0) is 37.6 Å². The summed E-state index contributed by atoms with van der Waals surface area (Å²) in [6.45, 7) is 3.67. The van der Waals surface area contributed by atoms with Crippen molar-refractivity contribution in [1.29, 1.82) is 0 Å². The minimum absolute atomic E-state index is 0.0422. The number of esters is 1. The smallest absolute Gasteiger partial charge is 0.307 e. The first kappa shape index (κ1) is 24.6. The highest BCUT2D eigenvalue weighted by Crippen LogP contribution is 2.16. The van der Waals surface area contributed by atoms with Crippen molar-refractivity contribution in [2.75, 3.05) is 11.9 Å². The van der Waals surface area contributed by atoms with Gasteiger partial charge in [-0.15, -0.1) is 11.3 Å². The molecule has 0 aliphatic carbocycles. The van der Waals surface area contributed by atoms with Crippen LogP contribution in [0.4, 0.5) is 5.69 Å². The number of rotatable bonds is 10. The van der Waals surface area contributed by atoms with Crippen LogP contribution >= 0.6 is 11.3 Å². The maximum atomic E-state index is 12.2. The molecular formula is C23H25N3O5S2. The van der Waals surface area contributed by atoms with Crippen LogP contribution in [0, 0.1) is 13.8 Å². The van der Waals surface area contributed by atoms with E-state index in [2.05, 4.69) is 15.0 Å². The SMILES string of the molecule is Cc1ccc(S(=O)(=O)NCCC(=O)OCc2csc(CC(=O)Nc3ccccc3C)n2)cc1. The van der Waals surface area contributed by atoms with E-state index in [1.807, 2.05) is 38.1 Å². The van der Waals surface area contributed by atoms with Crippen LogP contribution in [-0.4, -0.2) is 31.8 Å². The Kier molecular flexibility index (Phi) is 8.32. The molecule has 0 aliphatic heterocycles. The Hall–Kier alpha value is -3.08. The van der Waals surface area contributed by atoms with Crippen molar-refractivity contribution in [3.05, 3.63) is 75.7 Å².